The Kier molecular flexibility index (Phi) is 4.10. The number of ether oxygens (including phenoxy) is 2. The van der Waals surface area contributed by atoms with E-state index in [2.05, 4.69) is 15.9 Å². The molecule has 0 spiro atoms. The summed E-state index contributed by atoms with van der Waals surface area (Å²) in [6.45, 7) is 0.451. The lowest BCUT2D eigenvalue weighted by Gasteiger charge is -2.10. The van der Waals surface area contributed by atoms with Crippen LogP contribution >= 0.6 is 15.9 Å². The molecular formula is C14H14BrNO2. The van der Waals surface area contributed by atoms with Gasteiger partial charge in [0.2, 0.25) is 0 Å². The number of nitrogens with two attached hydrogens (primary N) is 1. The van der Waals surface area contributed by atoms with E-state index in [0.717, 1.165) is 27.2 Å². The number of methoxy groups -OCH3 is 1. The van der Waals surface area contributed by atoms with Crippen molar-refractivity contribution in [1.82, 2.24) is 0 Å². The number of benzene rings is 2. The molecule has 3 nitrogen and oxygen atoms in total. The minimum atomic E-state index is 0.451. The zero-order chi connectivity index (χ0) is 13.0. The molecule has 18 heavy (non-hydrogen) atoms. The maximum Gasteiger partial charge on any atom is 0.125 e. The summed E-state index contributed by atoms with van der Waals surface area (Å²) < 4.78 is 12.0. The quantitative estimate of drug-likeness (QED) is 0.877. The van der Waals surface area contributed by atoms with Gasteiger partial charge in [0.05, 0.1) is 7.11 Å². The van der Waals surface area contributed by atoms with Gasteiger partial charge in [-0.05, 0) is 42.5 Å². The third-order valence-electron chi connectivity index (χ3n) is 2.52. The number of rotatable bonds is 4. The molecular weight excluding hydrogens is 294 g/mol. The van der Waals surface area contributed by atoms with E-state index < -0.39 is 0 Å². The van der Waals surface area contributed by atoms with Gasteiger partial charge in [0.25, 0.3) is 0 Å². The van der Waals surface area contributed by atoms with Crippen molar-refractivity contribution < 1.29 is 9.47 Å². The summed E-state index contributed by atoms with van der Waals surface area (Å²) in [5.41, 5.74) is 7.33. The second-order valence-electron chi connectivity index (χ2n) is 3.81. The Labute approximate surface area is 115 Å². The fourth-order valence-electron chi connectivity index (χ4n) is 1.59. The summed E-state index contributed by atoms with van der Waals surface area (Å²) >= 11 is 3.43. The molecule has 4 heteroatoms. The smallest absolute Gasteiger partial charge is 0.125 e. The fraction of sp³-hybridized carbons (Fsp3) is 0.143. The van der Waals surface area contributed by atoms with Gasteiger partial charge in [-0.2, -0.15) is 0 Å². The molecule has 0 aliphatic heterocycles. The largest absolute Gasteiger partial charge is 0.496 e. The molecule has 0 bridgehead atoms. The lowest BCUT2D eigenvalue weighted by atomic mass is 10.2. The first-order valence-electron chi connectivity index (χ1n) is 5.50. The maximum atomic E-state index is 5.69. The molecule has 2 rings (SSSR count). The van der Waals surface area contributed by atoms with Crippen LogP contribution in [0, 0.1) is 0 Å². The first kappa shape index (κ1) is 12.8. The van der Waals surface area contributed by atoms with E-state index in [1.807, 2.05) is 42.5 Å². The van der Waals surface area contributed by atoms with E-state index in [1.54, 1.807) is 7.11 Å². The van der Waals surface area contributed by atoms with Crippen molar-refractivity contribution in [2.75, 3.05) is 12.8 Å². The molecule has 0 unspecified atom stereocenters. The maximum absolute atomic E-state index is 5.69. The lowest BCUT2D eigenvalue weighted by molar-refractivity contribution is 0.296. The SMILES string of the molecule is COc1ccc(Br)cc1COc1ccc(N)cc1. The van der Waals surface area contributed by atoms with Crippen molar-refractivity contribution in [3.63, 3.8) is 0 Å². The molecule has 0 heterocycles. The van der Waals surface area contributed by atoms with Gasteiger partial charge in [0, 0.05) is 15.7 Å². The Bertz CT molecular complexity index is 526. The van der Waals surface area contributed by atoms with Crippen LogP contribution < -0.4 is 15.2 Å². The molecule has 0 aliphatic rings. The second-order valence-corrected chi connectivity index (χ2v) is 4.73. The van der Waals surface area contributed by atoms with Gasteiger partial charge in [-0.15, -0.1) is 0 Å². The topological polar surface area (TPSA) is 44.5 Å². The van der Waals surface area contributed by atoms with Gasteiger partial charge in [-0.3, -0.25) is 0 Å². The van der Waals surface area contributed by atoms with Gasteiger partial charge in [-0.1, -0.05) is 15.9 Å². The summed E-state index contributed by atoms with van der Waals surface area (Å²) in [7, 11) is 1.65. The van der Waals surface area contributed by atoms with Crippen LogP contribution in [0.4, 0.5) is 5.69 Å². The van der Waals surface area contributed by atoms with Crippen LogP contribution in [0.15, 0.2) is 46.9 Å². The van der Waals surface area contributed by atoms with E-state index in [1.165, 1.54) is 0 Å². The Morgan fingerprint density at radius 3 is 2.50 bits per heavy atom. The molecule has 94 valence electrons. The average Bonchev–Trinajstić information content (AvgIpc) is 2.38. The van der Waals surface area contributed by atoms with E-state index >= 15 is 0 Å². The number of halogens is 1. The molecule has 0 radical (unpaired) electrons. The summed E-state index contributed by atoms with van der Waals surface area (Å²) in [5.74, 6) is 1.60. The van der Waals surface area contributed by atoms with Crippen molar-refractivity contribution in [2.45, 2.75) is 6.61 Å². The normalized spacial score (nSPS) is 10.1. The fourth-order valence-corrected chi connectivity index (χ4v) is 1.99. The van der Waals surface area contributed by atoms with E-state index in [-0.39, 0.29) is 0 Å². The molecule has 2 aromatic carbocycles. The number of hydrogen-bond donors (Lipinski definition) is 1. The Hall–Kier alpha value is -1.68. The van der Waals surface area contributed by atoms with Gasteiger partial charge < -0.3 is 15.2 Å². The van der Waals surface area contributed by atoms with Crippen molar-refractivity contribution in [2.24, 2.45) is 0 Å². The van der Waals surface area contributed by atoms with Crippen molar-refractivity contribution in [3.8, 4) is 11.5 Å². The Balaban J connectivity index is 2.09. The second kappa shape index (κ2) is 5.78. The van der Waals surface area contributed by atoms with Gasteiger partial charge in [0.15, 0.2) is 0 Å². The zero-order valence-corrected chi connectivity index (χ0v) is 11.6. The summed E-state index contributed by atoms with van der Waals surface area (Å²) in [4.78, 5) is 0. The zero-order valence-electron chi connectivity index (χ0n) is 10.0. The standard InChI is InChI=1S/C14H14BrNO2/c1-17-14-7-2-11(15)8-10(14)9-18-13-5-3-12(16)4-6-13/h2-8H,9,16H2,1H3. The Morgan fingerprint density at radius 1 is 1.11 bits per heavy atom. The molecule has 0 fully saturated rings. The highest BCUT2D eigenvalue weighted by atomic mass is 79.9. The predicted molar refractivity (Wildman–Crippen MR) is 75.9 cm³/mol. The van der Waals surface area contributed by atoms with Crippen molar-refractivity contribution in [1.29, 1.82) is 0 Å². The van der Waals surface area contributed by atoms with Crippen molar-refractivity contribution in [3.05, 3.63) is 52.5 Å². The predicted octanol–water partition coefficient (Wildman–Crippen LogP) is 3.62. The monoisotopic (exact) mass is 307 g/mol. The molecule has 0 amide bonds. The van der Waals surface area contributed by atoms with Crippen LogP contribution in [0.1, 0.15) is 5.56 Å². The number of anilines is 1. The minimum Gasteiger partial charge on any atom is -0.496 e. The van der Waals surface area contributed by atoms with E-state index in [9.17, 15) is 0 Å². The van der Waals surface area contributed by atoms with Crippen LogP contribution in [0.25, 0.3) is 0 Å². The first-order chi connectivity index (χ1) is 8.69. The summed E-state index contributed by atoms with van der Waals surface area (Å²) in [6.07, 6.45) is 0. The van der Waals surface area contributed by atoms with Crippen LogP contribution in [-0.4, -0.2) is 7.11 Å². The molecule has 0 saturated carbocycles. The first-order valence-corrected chi connectivity index (χ1v) is 6.29. The van der Waals surface area contributed by atoms with Crippen LogP contribution in [0.5, 0.6) is 11.5 Å². The van der Waals surface area contributed by atoms with E-state index in [4.69, 9.17) is 15.2 Å². The van der Waals surface area contributed by atoms with Crippen molar-refractivity contribution >= 4 is 21.6 Å². The molecule has 0 aliphatic carbocycles. The van der Waals surface area contributed by atoms with Crippen LogP contribution in [0.2, 0.25) is 0 Å². The number of hydrogen-bond acceptors (Lipinski definition) is 3. The Morgan fingerprint density at radius 2 is 1.83 bits per heavy atom. The average molecular weight is 308 g/mol. The minimum absolute atomic E-state index is 0.451. The number of nitrogen functional groups attached to an aromatic ring is 1. The molecule has 2 N–H and O–H groups in total. The van der Waals surface area contributed by atoms with E-state index in [0.29, 0.717) is 6.61 Å². The molecule has 2 aromatic rings. The molecule has 0 saturated heterocycles. The summed E-state index contributed by atoms with van der Waals surface area (Å²) in [6, 6.07) is 13.1. The highest BCUT2D eigenvalue weighted by molar-refractivity contribution is 9.10. The lowest BCUT2D eigenvalue weighted by Crippen LogP contribution is -1.99. The highest BCUT2D eigenvalue weighted by Gasteiger charge is 2.04. The molecule has 0 atom stereocenters. The molecule has 0 aromatic heterocycles. The third-order valence-corrected chi connectivity index (χ3v) is 3.01. The third kappa shape index (κ3) is 3.17. The van der Waals surface area contributed by atoms with Gasteiger partial charge >= 0.3 is 0 Å². The summed E-state index contributed by atoms with van der Waals surface area (Å²) in [5, 5.41) is 0. The van der Waals surface area contributed by atoms with Crippen LogP contribution in [-0.2, 0) is 6.61 Å². The highest BCUT2D eigenvalue weighted by Crippen LogP contribution is 2.24. The van der Waals surface area contributed by atoms with Crippen LogP contribution in [0.3, 0.4) is 0 Å². The van der Waals surface area contributed by atoms with Gasteiger partial charge in [-0.25, -0.2) is 0 Å². The van der Waals surface area contributed by atoms with Gasteiger partial charge in [0.1, 0.15) is 18.1 Å².